The molecule has 0 amide bonds. The fraction of sp³-hybridized carbons (Fsp3) is 0.435. The predicted molar refractivity (Wildman–Crippen MR) is 126 cm³/mol. The average Bonchev–Trinajstić information content (AvgIpc) is 3.57. The van der Waals surface area contributed by atoms with Gasteiger partial charge in [-0.1, -0.05) is 18.6 Å². The number of thiazole rings is 1. The Morgan fingerprint density at radius 1 is 1.06 bits per heavy atom. The van der Waals surface area contributed by atoms with Gasteiger partial charge in [0.05, 0.1) is 29.1 Å². The van der Waals surface area contributed by atoms with Gasteiger partial charge in [-0.2, -0.15) is 9.97 Å². The van der Waals surface area contributed by atoms with Gasteiger partial charge in [-0.3, -0.25) is 4.79 Å². The Balaban J connectivity index is 1.38. The lowest BCUT2D eigenvalue weighted by atomic mass is 9.94. The molecule has 4 heterocycles. The SMILES string of the molecule is O=C1CCCC[C@H]1n1cnc2c(NCc3nc4ccccc4s3)nc(N3CCCC3)nc21. The highest BCUT2D eigenvalue weighted by Crippen LogP contribution is 2.31. The second-order valence-electron chi connectivity index (χ2n) is 8.55. The number of aromatic nitrogens is 5. The van der Waals surface area contributed by atoms with E-state index in [0.29, 0.717) is 30.2 Å². The minimum Gasteiger partial charge on any atom is -0.362 e. The highest BCUT2D eigenvalue weighted by Gasteiger charge is 2.27. The zero-order chi connectivity index (χ0) is 21.5. The lowest BCUT2D eigenvalue weighted by Crippen LogP contribution is -2.24. The number of benzene rings is 1. The number of carbonyl (C=O) groups excluding carboxylic acids is 1. The molecule has 2 aliphatic rings. The number of carbonyl (C=O) groups is 1. The Labute approximate surface area is 189 Å². The molecule has 1 aliphatic carbocycles. The minimum absolute atomic E-state index is 0.174. The Morgan fingerprint density at radius 3 is 2.78 bits per heavy atom. The summed E-state index contributed by atoms with van der Waals surface area (Å²) in [5, 5.41) is 4.47. The normalized spacial score (nSPS) is 19.3. The van der Waals surface area contributed by atoms with Crippen LogP contribution in [0.1, 0.15) is 49.6 Å². The second kappa shape index (κ2) is 8.12. The summed E-state index contributed by atoms with van der Waals surface area (Å²) in [6.07, 6.45) is 7.59. The van der Waals surface area contributed by atoms with Crippen LogP contribution in [0.4, 0.5) is 11.8 Å². The van der Waals surface area contributed by atoms with E-state index in [-0.39, 0.29) is 11.8 Å². The molecule has 9 heteroatoms. The highest BCUT2D eigenvalue weighted by molar-refractivity contribution is 7.18. The molecule has 8 nitrogen and oxygen atoms in total. The maximum Gasteiger partial charge on any atom is 0.229 e. The number of hydrogen-bond donors (Lipinski definition) is 1. The minimum atomic E-state index is -0.174. The molecule has 0 spiro atoms. The van der Waals surface area contributed by atoms with E-state index in [2.05, 4.69) is 21.3 Å². The number of rotatable bonds is 5. The van der Waals surface area contributed by atoms with Crippen LogP contribution in [0.15, 0.2) is 30.6 Å². The van der Waals surface area contributed by atoms with Crippen LogP contribution in [0.2, 0.25) is 0 Å². The molecular formula is C23H25N7OS. The third-order valence-corrected chi connectivity index (χ3v) is 7.44. The molecule has 1 N–H and O–H groups in total. The van der Waals surface area contributed by atoms with Gasteiger partial charge in [0.25, 0.3) is 0 Å². The van der Waals surface area contributed by atoms with Crippen molar-refractivity contribution in [3.8, 4) is 0 Å². The molecule has 32 heavy (non-hydrogen) atoms. The van der Waals surface area contributed by atoms with Crippen LogP contribution < -0.4 is 10.2 Å². The van der Waals surface area contributed by atoms with Crippen molar-refractivity contribution in [3.63, 3.8) is 0 Å². The van der Waals surface area contributed by atoms with Crippen LogP contribution in [-0.2, 0) is 11.3 Å². The van der Waals surface area contributed by atoms with E-state index >= 15 is 0 Å². The van der Waals surface area contributed by atoms with Crippen LogP contribution in [0, 0.1) is 0 Å². The highest BCUT2D eigenvalue weighted by atomic mass is 32.1. The standard InChI is InChI=1S/C23H25N7OS/c31-17-9-3-2-8-16(17)30-14-25-20-21(27-23(28-22(20)30)29-11-5-6-12-29)24-13-19-26-15-7-1-4-10-18(15)32-19/h1,4,7,10,14,16H,2-3,5-6,8-9,11-13H2,(H,24,27,28)/t16-/m1/s1. The maximum atomic E-state index is 12.6. The Kier molecular flexibility index (Phi) is 4.98. The molecule has 164 valence electrons. The van der Waals surface area contributed by atoms with E-state index < -0.39 is 0 Å². The lowest BCUT2D eigenvalue weighted by Gasteiger charge is -2.22. The molecule has 6 rings (SSSR count). The zero-order valence-electron chi connectivity index (χ0n) is 17.8. The first-order valence-corrected chi connectivity index (χ1v) is 12.2. The number of anilines is 2. The van der Waals surface area contributed by atoms with Crippen LogP contribution in [0.25, 0.3) is 21.4 Å². The molecule has 1 aromatic carbocycles. The first-order valence-electron chi connectivity index (χ1n) is 11.4. The summed E-state index contributed by atoms with van der Waals surface area (Å²) in [4.78, 5) is 34.0. The largest absolute Gasteiger partial charge is 0.362 e. The monoisotopic (exact) mass is 447 g/mol. The molecule has 0 bridgehead atoms. The Hall–Kier alpha value is -3.07. The number of Topliss-reactive ketones (excluding diaryl/α,β-unsaturated/α-hetero) is 1. The van der Waals surface area contributed by atoms with Gasteiger partial charge < -0.3 is 14.8 Å². The van der Waals surface area contributed by atoms with E-state index in [0.717, 1.165) is 61.4 Å². The van der Waals surface area contributed by atoms with Gasteiger partial charge in [0.1, 0.15) is 5.01 Å². The van der Waals surface area contributed by atoms with E-state index in [9.17, 15) is 4.79 Å². The summed E-state index contributed by atoms with van der Waals surface area (Å²) in [7, 11) is 0. The number of hydrogen-bond acceptors (Lipinski definition) is 8. The van der Waals surface area contributed by atoms with Crippen LogP contribution in [0.3, 0.4) is 0 Å². The van der Waals surface area contributed by atoms with Crippen molar-refractivity contribution in [3.05, 3.63) is 35.6 Å². The van der Waals surface area contributed by atoms with Gasteiger partial charge in [-0.05, 0) is 37.8 Å². The van der Waals surface area contributed by atoms with E-state index in [1.807, 2.05) is 22.8 Å². The van der Waals surface area contributed by atoms with Crippen LogP contribution >= 0.6 is 11.3 Å². The molecule has 1 saturated carbocycles. The number of nitrogens with one attached hydrogen (secondary N) is 1. The third-order valence-electron chi connectivity index (χ3n) is 6.40. The Bertz CT molecular complexity index is 1260. The van der Waals surface area contributed by atoms with Crippen molar-refractivity contribution in [1.29, 1.82) is 0 Å². The molecule has 1 atom stereocenters. The molecule has 0 unspecified atom stereocenters. The molecule has 1 saturated heterocycles. The number of fused-ring (bicyclic) bond motifs is 2. The average molecular weight is 448 g/mol. The number of para-hydroxylation sites is 1. The van der Waals surface area contributed by atoms with E-state index in [1.54, 1.807) is 17.7 Å². The molecule has 2 fully saturated rings. The first kappa shape index (κ1) is 19.6. The molecule has 3 aromatic heterocycles. The first-order chi connectivity index (χ1) is 15.8. The van der Waals surface area contributed by atoms with Crippen LogP contribution in [0.5, 0.6) is 0 Å². The molecule has 1 aliphatic heterocycles. The van der Waals surface area contributed by atoms with Gasteiger partial charge in [-0.15, -0.1) is 11.3 Å². The van der Waals surface area contributed by atoms with Crippen molar-refractivity contribution in [2.75, 3.05) is 23.3 Å². The fourth-order valence-corrected chi connectivity index (χ4v) is 5.64. The predicted octanol–water partition coefficient (Wildman–Crippen LogP) is 4.33. The van der Waals surface area contributed by atoms with Crippen molar-refractivity contribution in [2.24, 2.45) is 0 Å². The van der Waals surface area contributed by atoms with Crippen molar-refractivity contribution in [1.82, 2.24) is 24.5 Å². The van der Waals surface area contributed by atoms with Gasteiger partial charge in [-0.25, -0.2) is 9.97 Å². The number of imidazole rings is 1. The molecule has 0 radical (unpaired) electrons. The number of ketones is 1. The Morgan fingerprint density at radius 2 is 1.94 bits per heavy atom. The quantitative estimate of drug-likeness (QED) is 0.487. The summed E-state index contributed by atoms with van der Waals surface area (Å²) in [5.74, 6) is 1.70. The molecular weight excluding hydrogens is 422 g/mol. The van der Waals surface area contributed by atoms with Gasteiger partial charge >= 0.3 is 0 Å². The van der Waals surface area contributed by atoms with Crippen LogP contribution in [-0.4, -0.2) is 43.4 Å². The van der Waals surface area contributed by atoms with E-state index in [4.69, 9.17) is 15.0 Å². The van der Waals surface area contributed by atoms with Gasteiger partial charge in [0.15, 0.2) is 22.8 Å². The molecule has 4 aromatic rings. The third kappa shape index (κ3) is 3.50. The number of nitrogens with zero attached hydrogens (tertiary/aromatic N) is 6. The second-order valence-corrected chi connectivity index (χ2v) is 9.66. The van der Waals surface area contributed by atoms with Gasteiger partial charge in [0, 0.05) is 19.5 Å². The zero-order valence-corrected chi connectivity index (χ0v) is 18.6. The topological polar surface area (TPSA) is 88.8 Å². The maximum absolute atomic E-state index is 12.6. The summed E-state index contributed by atoms with van der Waals surface area (Å²) < 4.78 is 3.15. The van der Waals surface area contributed by atoms with E-state index in [1.165, 1.54) is 4.70 Å². The van der Waals surface area contributed by atoms with Crippen molar-refractivity contribution in [2.45, 2.75) is 51.1 Å². The fourth-order valence-electron chi connectivity index (χ4n) is 4.73. The van der Waals surface area contributed by atoms with Crippen molar-refractivity contribution < 1.29 is 4.79 Å². The summed E-state index contributed by atoms with van der Waals surface area (Å²) in [6, 6.07) is 7.99. The lowest BCUT2D eigenvalue weighted by molar-refractivity contribution is -0.123. The summed E-state index contributed by atoms with van der Waals surface area (Å²) in [5.41, 5.74) is 2.47. The summed E-state index contributed by atoms with van der Waals surface area (Å²) in [6.45, 7) is 2.48. The smallest absolute Gasteiger partial charge is 0.229 e. The van der Waals surface area contributed by atoms with Gasteiger partial charge in [0.2, 0.25) is 5.95 Å². The summed E-state index contributed by atoms with van der Waals surface area (Å²) >= 11 is 1.68. The van der Waals surface area contributed by atoms with Crippen molar-refractivity contribution >= 4 is 50.3 Å².